The van der Waals surface area contributed by atoms with Gasteiger partial charge in [-0.2, -0.15) is 0 Å². The fraction of sp³-hybridized carbons (Fsp3) is 0. The van der Waals surface area contributed by atoms with Gasteiger partial charge in [-0.25, -0.2) is 15.0 Å². The number of aromatic nitrogens is 5. The van der Waals surface area contributed by atoms with Crippen LogP contribution < -0.4 is 0 Å². The summed E-state index contributed by atoms with van der Waals surface area (Å²) < 4.78 is 11.7. The first-order valence-electron chi connectivity index (χ1n) is 21.2. The molecule has 0 aliphatic carbocycles. The molecule has 0 unspecified atom stereocenters. The summed E-state index contributed by atoms with van der Waals surface area (Å²) in [6.45, 7) is 0. The molecule has 4 heterocycles. The average Bonchev–Trinajstić information content (AvgIpc) is 4.02. The van der Waals surface area contributed by atoms with Crippen molar-refractivity contribution in [3.05, 3.63) is 212 Å². The molecule has 0 bridgehead atoms. The first-order chi connectivity index (χ1) is 31.3. The van der Waals surface area contributed by atoms with Gasteiger partial charge in [0.25, 0.3) is 0 Å². The van der Waals surface area contributed by atoms with E-state index in [9.17, 15) is 0 Å². The third-order valence-electron chi connectivity index (χ3n) is 12.4. The largest absolute Gasteiger partial charge is 0.455 e. The number of hydrogen-bond donors (Lipinski definition) is 0. The van der Waals surface area contributed by atoms with E-state index in [0.717, 1.165) is 77.6 Å². The maximum Gasteiger partial charge on any atom is 0.167 e. The predicted molar refractivity (Wildman–Crippen MR) is 258 cm³/mol. The van der Waals surface area contributed by atoms with Crippen molar-refractivity contribution in [1.82, 2.24) is 24.1 Å². The average molecular weight is 806 g/mol. The highest BCUT2D eigenvalue weighted by molar-refractivity contribution is 6.17. The Hall–Kier alpha value is -8.61. The topological polar surface area (TPSA) is 61.7 Å². The van der Waals surface area contributed by atoms with E-state index >= 15 is 0 Å². The lowest BCUT2D eigenvalue weighted by atomic mass is 9.98. The van der Waals surface area contributed by atoms with Crippen LogP contribution in [0.2, 0.25) is 0 Å². The Morgan fingerprint density at radius 2 is 0.810 bits per heavy atom. The van der Waals surface area contributed by atoms with E-state index in [1.807, 2.05) is 18.2 Å². The summed E-state index contributed by atoms with van der Waals surface area (Å²) >= 11 is 0. The summed E-state index contributed by atoms with van der Waals surface area (Å²) in [6, 6.07) is 74.3. The number of furan rings is 1. The molecule has 0 saturated carbocycles. The van der Waals surface area contributed by atoms with Crippen molar-refractivity contribution < 1.29 is 4.42 Å². The minimum atomic E-state index is 0.517. The van der Waals surface area contributed by atoms with Crippen molar-refractivity contribution in [3.8, 4) is 56.7 Å². The van der Waals surface area contributed by atoms with Gasteiger partial charge in [0.2, 0.25) is 0 Å². The Bertz CT molecular complexity index is 3810. The monoisotopic (exact) mass is 805 g/mol. The van der Waals surface area contributed by atoms with Gasteiger partial charge < -0.3 is 13.6 Å². The molecule has 0 aliphatic heterocycles. The Labute approximate surface area is 361 Å². The van der Waals surface area contributed by atoms with Crippen molar-refractivity contribution in [3.63, 3.8) is 0 Å². The zero-order valence-corrected chi connectivity index (χ0v) is 33.9. The summed E-state index contributed by atoms with van der Waals surface area (Å²) in [5, 5.41) is 6.77. The minimum absolute atomic E-state index is 0.517. The van der Waals surface area contributed by atoms with Gasteiger partial charge >= 0.3 is 0 Å². The van der Waals surface area contributed by atoms with E-state index in [0.29, 0.717) is 23.1 Å². The van der Waals surface area contributed by atoms with E-state index in [4.69, 9.17) is 19.4 Å². The van der Waals surface area contributed by atoms with Crippen molar-refractivity contribution in [2.24, 2.45) is 0 Å². The molecule has 0 saturated heterocycles. The van der Waals surface area contributed by atoms with E-state index in [2.05, 4.69) is 203 Å². The fourth-order valence-electron chi connectivity index (χ4n) is 9.64. The van der Waals surface area contributed by atoms with Crippen LogP contribution in [0.25, 0.3) is 122 Å². The van der Waals surface area contributed by atoms with Crippen LogP contribution in [-0.2, 0) is 0 Å². The van der Waals surface area contributed by atoms with Gasteiger partial charge in [0.15, 0.2) is 17.5 Å². The molecule has 6 nitrogen and oxygen atoms in total. The molecule has 294 valence electrons. The molecular formula is C57H35N5O. The number of benzene rings is 9. The van der Waals surface area contributed by atoms with Crippen LogP contribution in [0.1, 0.15) is 0 Å². The second kappa shape index (κ2) is 14.0. The third-order valence-corrected chi connectivity index (χ3v) is 12.4. The van der Waals surface area contributed by atoms with Gasteiger partial charge in [0.1, 0.15) is 11.2 Å². The lowest BCUT2D eigenvalue weighted by Crippen LogP contribution is -2.04. The number of rotatable bonds is 6. The van der Waals surface area contributed by atoms with Crippen molar-refractivity contribution in [1.29, 1.82) is 0 Å². The van der Waals surface area contributed by atoms with Crippen molar-refractivity contribution in [2.75, 3.05) is 0 Å². The lowest BCUT2D eigenvalue weighted by molar-refractivity contribution is 0.669. The number of hydrogen-bond acceptors (Lipinski definition) is 4. The van der Waals surface area contributed by atoms with Crippen LogP contribution in [-0.4, -0.2) is 24.1 Å². The van der Waals surface area contributed by atoms with Gasteiger partial charge in [-0.3, -0.25) is 0 Å². The smallest absolute Gasteiger partial charge is 0.167 e. The molecule has 0 radical (unpaired) electrons. The molecule has 0 spiro atoms. The van der Waals surface area contributed by atoms with Gasteiger partial charge in [-0.05, 0) is 65.7 Å². The molecule has 0 fully saturated rings. The SMILES string of the molecule is c1ccc(-c2nc(-c3ccccc3-n3c4ccccc4c4ccccc43)nc(-c3cc(-n4c5ccccc5c5ccccc54)cc4c3oc3cccc(-c5ccccc5)c34)n2)cc1. The summed E-state index contributed by atoms with van der Waals surface area (Å²) in [6.07, 6.45) is 0. The molecule has 0 N–H and O–H groups in total. The summed E-state index contributed by atoms with van der Waals surface area (Å²) in [5.41, 5.74) is 12.7. The Balaban J connectivity index is 1.14. The summed E-state index contributed by atoms with van der Waals surface area (Å²) in [4.78, 5) is 16.1. The summed E-state index contributed by atoms with van der Waals surface area (Å²) in [5.74, 6) is 1.65. The molecule has 6 heteroatoms. The van der Waals surface area contributed by atoms with E-state index in [1.54, 1.807) is 0 Å². The third kappa shape index (κ3) is 5.48. The molecule has 0 atom stereocenters. The zero-order valence-electron chi connectivity index (χ0n) is 33.9. The molecule has 4 aromatic heterocycles. The zero-order chi connectivity index (χ0) is 41.4. The minimum Gasteiger partial charge on any atom is -0.455 e. The van der Waals surface area contributed by atoms with Crippen LogP contribution >= 0.6 is 0 Å². The maximum atomic E-state index is 7.00. The number of nitrogens with zero attached hydrogens (tertiary/aromatic N) is 5. The van der Waals surface area contributed by atoms with Crippen LogP contribution in [0, 0.1) is 0 Å². The molecule has 9 aromatic carbocycles. The second-order valence-corrected chi connectivity index (χ2v) is 15.9. The second-order valence-electron chi connectivity index (χ2n) is 15.9. The maximum absolute atomic E-state index is 7.00. The van der Waals surface area contributed by atoms with Gasteiger partial charge in [-0.1, -0.05) is 158 Å². The van der Waals surface area contributed by atoms with Gasteiger partial charge in [0.05, 0.1) is 33.3 Å². The highest BCUT2D eigenvalue weighted by Gasteiger charge is 2.24. The Morgan fingerprint density at radius 1 is 0.333 bits per heavy atom. The first-order valence-corrected chi connectivity index (χ1v) is 21.2. The molecule has 63 heavy (non-hydrogen) atoms. The molecule has 0 amide bonds. The summed E-state index contributed by atoms with van der Waals surface area (Å²) in [7, 11) is 0. The Kier molecular flexibility index (Phi) is 7.80. The van der Waals surface area contributed by atoms with Gasteiger partial charge in [-0.15, -0.1) is 0 Å². The first kappa shape index (κ1) is 35.2. The molecular weight excluding hydrogens is 771 g/mol. The fourth-order valence-corrected chi connectivity index (χ4v) is 9.64. The lowest BCUT2D eigenvalue weighted by Gasteiger charge is -2.15. The molecule has 13 aromatic rings. The Morgan fingerprint density at radius 3 is 1.43 bits per heavy atom. The van der Waals surface area contributed by atoms with Crippen LogP contribution in [0.3, 0.4) is 0 Å². The normalized spacial score (nSPS) is 11.8. The standard InChI is InChI=1S/C57H35N5O/c1-3-18-36(19-4-1)39-27-17-33-52-53(39)45-34-38(61-47-28-12-7-22-40(47)41-23-8-13-29-48(41)61)35-46(54(45)63-52)57-59-55(37-20-5-2-6-21-37)58-56(60-57)44-26-11-16-32-51(44)62-49-30-14-9-24-42(49)43-25-10-15-31-50(43)62/h1-35H. The highest BCUT2D eigenvalue weighted by atomic mass is 16.3. The van der Waals surface area contributed by atoms with E-state index in [-0.39, 0.29) is 0 Å². The van der Waals surface area contributed by atoms with Crippen LogP contribution in [0.15, 0.2) is 217 Å². The number of fused-ring (bicyclic) bond motifs is 9. The van der Waals surface area contributed by atoms with Crippen molar-refractivity contribution in [2.45, 2.75) is 0 Å². The molecule has 13 rings (SSSR count). The molecule has 0 aliphatic rings. The quantitative estimate of drug-likeness (QED) is 0.168. The van der Waals surface area contributed by atoms with Crippen LogP contribution in [0.5, 0.6) is 0 Å². The van der Waals surface area contributed by atoms with Crippen molar-refractivity contribution >= 4 is 65.6 Å². The highest BCUT2D eigenvalue weighted by Crippen LogP contribution is 2.44. The van der Waals surface area contributed by atoms with Crippen LogP contribution in [0.4, 0.5) is 0 Å². The predicted octanol–water partition coefficient (Wildman–Crippen LogP) is 14.6. The van der Waals surface area contributed by atoms with E-state index < -0.39 is 0 Å². The number of para-hydroxylation sites is 5. The van der Waals surface area contributed by atoms with Gasteiger partial charge in [0, 0.05) is 49.1 Å². The van der Waals surface area contributed by atoms with E-state index in [1.165, 1.54) is 21.5 Å².